The molecule has 1 aliphatic rings. The van der Waals surface area contributed by atoms with E-state index in [9.17, 15) is 22.8 Å². The second-order valence-corrected chi connectivity index (χ2v) is 4.93. The quantitative estimate of drug-likeness (QED) is 0.808. The third-order valence-corrected chi connectivity index (χ3v) is 3.17. The van der Waals surface area contributed by atoms with Crippen LogP contribution in [0.2, 0.25) is 0 Å². The molecule has 1 aromatic rings. The first-order valence-corrected chi connectivity index (χ1v) is 6.24. The van der Waals surface area contributed by atoms with Crippen LogP contribution in [0.4, 0.5) is 18.9 Å². The number of anilines is 1. The summed E-state index contributed by atoms with van der Waals surface area (Å²) in [7, 11) is 0. The Morgan fingerprint density at radius 1 is 1.24 bits per heavy atom. The molecule has 21 heavy (non-hydrogen) atoms. The van der Waals surface area contributed by atoms with Crippen LogP contribution in [-0.2, 0) is 9.59 Å². The summed E-state index contributed by atoms with van der Waals surface area (Å²) >= 11 is 0. The average molecular weight is 302 g/mol. The third kappa shape index (κ3) is 3.72. The Balaban J connectivity index is 1.84. The van der Waals surface area contributed by atoms with E-state index in [4.69, 9.17) is 5.11 Å². The predicted molar refractivity (Wildman–Crippen MR) is 67.1 cm³/mol. The van der Waals surface area contributed by atoms with Gasteiger partial charge >= 0.3 is 5.97 Å². The molecule has 1 fully saturated rings. The fraction of sp³-hybridized carbons (Fsp3) is 0.385. The molecule has 1 amide bonds. The number of carbonyl (C=O) groups is 2. The van der Waals surface area contributed by atoms with Gasteiger partial charge in [-0.2, -0.15) is 0 Å². The molecule has 0 aliphatic carbocycles. The molecule has 0 aromatic heterocycles. The molecule has 1 aliphatic heterocycles. The van der Waals surface area contributed by atoms with Gasteiger partial charge in [0.1, 0.15) is 0 Å². The van der Waals surface area contributed by atoms with E-state index in [0.717, 1.165) is 12.1 Å². The summed E-state index contributed by atoms with van der Waals surface area (Å²) in [5.41, 5.74) is -0.429. The Morgan fingerprint density at radius 2 is 1.90 bits per heavy atom. The maximum absolute atomic E-state index is 13.4. The second kappa shape index (κ2) is 6.13. The van der Waals surface area contributed by atoms with Crippen LogP contribution < -0.4 is 5.32 Å². The number of hydrogen-bond acceptors (Lipinski definition) is 3. The molecule has 114 valence electrons. The lowest BCUT2D eigenvalue weighted by Gasteiger charge is -2.37. The van der Waals surface area contributed by atoms with Crippen LogP contribution in [0, 0.1) is 23.4 Å². The fourth-order valence-electron chi connectivity index (χ4n) is 2.20. The molecule has 0 atom stereocenters. The standard InChI is InChI=1S/C13H13F3N2O3/c14-8-1-2-9(13(16)12(8)15)17-10(19)6-18-4-7(5-18)3-11(20)21/h1-2,7H,3-6H2,(H,17,19)(H,20,21). The molecule has 2 N–H and O–H groups in total. The highest BCUT2D eigenvalue weighted by atomic mass is 19.2. The SMILES string of the molecule is O=C(O)CC1CN(CC(=O)Nc2ccc(F)c(F)c2F)C1. The molecular weight excluding hydrogens is 289 g/mol. The Bertz CT molecular complexity index is 574. The molecular formula is C13H13F3N2O3. The van der Waals surface area contributed by atoms with Gasteiger partial charge in [-0.15, -0.1) is 0 Å². The van der Waals surface area contributed by atoms with Gasteiger partial charge in [-0.25, -0.2) is 13.2 Å². The third-order valence-electron chi connectivity index (χ3n) is 3.17. The van der Waals surface area contributed by atoms with Crippen molar-refractivity contribution in [2.45, 2.75) is 6.42 Å². The molecule has 8 heteroatoms. The molecule has 0 spiro atoms. The molecule has 0 bridgehead atoms. The van der Waals surface area contributed by atoms with Crippen molar-refractivity contribution >= 4 is 17.6 Å². The summed E-state index contributed by atoms with van der Waals surface area (Å²) in [6, 6.07) is 1.66. The van der Waals surface area contributed by atoms with Gasteiger partial charge in [0, 0.05) is 13.1 Å². The van der Waals surface area contributed by atoms with Gasteiger partial charge in [0.05, 0.1) is 18.7 Å². The molecule has 1 aromatic carbocycles. The minimum atomic E-state index is -1.64. The topological polar surface area (TPSA) is 69.6 Å². The monoisotopic (exact) mass is 302 g/mol. The van der Waals surface area contributed by atoms with Crippen molar-refractivity contribution in [2.24, 2.45) is 5.92 Å². The van der Waals surface area contributed by atoms with Crippen molar-refractivity contribution in [1.82, 2.24) is 4.90 Å². The number of carboxylic acid groups (broad SMARTS) is 1. The van der Waals surface area contributed by atoms with Crippen LogP contribution in [0.25, 0.3) is 0 Å². The number of carboxylic acids is 1. The maximum Gasteiger partial charge on any atom is 0.303 e. The van der Waals surface area contributed by atoms with Gasteiger partial charge in [-0.05, 0) is 18.1 Å². The smallest absolute Gasteiger partial charge is 0.303 e. The van der Waals surface area contributed by atoms with Crippen molar-refractivity contribution in [3.63, 3.8) is 0 Å². The first kappa shape index (κ1) is 15.3. The van der Waals surface area contributed by atoms with Crippen molar-refractivity contribution in [3.05, 3.63) is 29.6 Å². The number of aliphatic carboxylic acids is 1. The largest absolute Gasteiger partial charge is 0.481 e. The Kier molecular flexibility index (Phi) is 4.46. The number of nitrogens with one attached hydrogen (secondary N) is 1. The lowest BCUT2D eigenvalue weighted by molar-refractivity contribution is -0.139. The summed E-state index contributed by atoms with van der Waals surface area (Å²) < 4.78 is 39.1. The summed E-state index contributed by atoms with van der Waals surface area (Å²) in [4.78, 5) is 23.8. The van der Waals surface area contributed by atoms with Crippen molar-refractivity contribution in [2.75, 3.05) is 25.0 Å². The molecule has 0 radical (unpaired) electrons. The van der Waals surface area contributed by atoms with E-state index in [0.29, 0.717) is 13.1 Å². The number of nitrogens with zero attached hydrogens (tertiary/aromatic N) is 1. The zero-order valence-electron chi connectivity index (χ0n) is 10.9. The fourth-order valence-corrected chi connectivity index (χ4v) is 2.20. The van der Waals surface area contributed by atoms with Crippen molar-refractivity contribution in [1.29, 1.82) is 0 Å². The predicted octanol–water partition coefficient (Wildman–Crippen LogP) is 1.45. The molecule has 5 nitrogen and oxygen atoms in total. The maximum atomic E-state index is 13.4. The van der Waals surface area contributed by atoms with E-state index < -0.39 is 35.0 Å². The number of hydrogen-bond donors (Lipinski definition) is 2. The zero-order valence-corrected chi connectivity index (χ0v) is 10.9. The Morgan fingerprint density at radius 3 is 2.52 bits per heavy atom. The summed E-state index contributed by atoms with van der Waals surface area (Å²) in [5.74, 6) is -5.89. The van der Waals surface area contributed by atoms with E-state index in [1.807, 2.05) is 0 Å². The van der Waals surface area contributed by atoms with E-state index >= 15 is 0 Å². The number of halogens is 3. The van der Waals surface area contributed by atoms with Gasteiger partial charge in [-0.3, -0.25) is 14.5 Å². The van der Waals surface area contributed by atoms with Crippen LogP contribution >= 0.6 is 0 Å². The van der Waals surface area contributed by atoms with E-state index in [1.165, 1.54) is 0 Å². The molecule has 0 saturated carbocycles. The van der Waals surface area contributed by atoms with E-state index in [-0.39, 0.29) is 18.9 Å². The first-order chi connectivity index (χ1) is 9.86. The summed E-state index contributed by atoms with van der Waals surface area (Å²) in [6.45, 7) is 0.856. The van der Waals surface area contributed by atoms with Gasteiger partial charge < -0.3 is 10.4 Å². The van der Waals surface area contributed by atoms with Crippen molar-refractivity contribution in [3.8, 4) is 0 Å². The number of benzene rings is 1. The van der Waals surface area contributed by atoms with Gasteiger partial charge in [-0.1, -0.05) is 0 Å². The van der Waals surface area contributed by atoms with Crippen LogP contribution in [0.5, 0.6) is 0 Å². The average Bonchev–Trinajstić information content (AvgIpc) is 2.36. The van der Waals surface area contributed by atoms with E-state index in [1.54, 1.807) is 4.90 Å². The molecule has 1 heterocycles. The summed E-state index contributed by atoms with van der Waals surface area (Å²) in [5, 5.41) is 10.7. The van der Waals surface area contributed by atoms with Gasteiger partial charge in [0.25, 0.3) is 0 Å². The molecule has 0 unspecified atom stereocenters. The number of likely N-dealkylation sites (tertiary alicyclic amines) is 1. The van der Waals surface area contributed by atoms with Crippen LogP contribution in [0.1, 0.15) is 6.42 Å². The number of amides is 1. The zero-order chi connectivity index (χ0) is 15.6. The number of carbonyl (C=O) groups excluding carboxylic acids is 1. The Labute approximate surface area is 118 Å². The van der Waals surface area contributed by atoms with Crippen LogP contribution in [-0.4, -0.2) is 41.5 Å². The highest BCUT2D eigenvalue weighted by molar-refractivity contribution is 5.92. The highest BCUT2D eigenvalue weighted by Crippen LogP contribution is 2.21. The van der Waals surface area contributed by atoms with Crippen molar-refractivity contribution < 1.29 is 27.9 Å². The van der Waals surface area contributed by atoms with Gasteiger partial charge in [0.2, 0.25) is 5.91 Å². The van der Waals surface area contributed by atoms with Gasteiger partial charge in [0.15, 0.2) is 17.5 Å². The minimum Gasteiger partial charge on any atom is -0.481 e. The molecule has 2 rings (SSSR count). The second-order valence-electron chi connectivity index (χ2n) is 4.93. The van der Waals surface area contributed by atoms with E-state index in [2.05, 4.69) is 5.32 Å². The van der Waals surface area contributed by atoms with Crippen LogP contribution in [0.3, 0.4) is 0 Å². The lowest BCUT2D eigenvalue weighted by Crippen LogP contribution is -2.50. The first-order valence-electron chi connectivity index (χ1n) is 6.24. The number of rotatable bonds is 5. The summed E-state index contributed by atoms with van der Waals surface area (Å²) in [6.07, 6.45) is 0.0376. The van der Waals surface area contributed by atoms with Crippen LogP contribution in [0.15, 0.2) is 12.1 Å². The minimum absolute atomic E-state index is 0.00435. The lowest BCUT2D eigenvalue weighted by atomic mass is 9.96. The molecule has 1 saturated heterocycles. The highest BCUT2D eigenvalue weighted by Gasteiger charge is 2.29. The normalized spacial score (nSPS) is 15.6. The Hall–Kier alpha value is -2.09.